The molecule has 0 spiro atoms. The second kappa shape index (κ2) is 5.24. The quantitative estimate of drug-likeness (QED) is 0.936. The van der Waals surface area contributed by atoms with Gasteiger partial charge in [0.25, 0.3) is 0 Å². The zero-order chi connectivity index (χ0) is 16.7. The molecule has 0 atom stereocenters. The van der Waals surface area contributed by atoms with E-state index < -0.39 is 15.8 Å². The maximum absolute atomic E-state index is 11.5. The predicted molar refractivity (Wildman–Crippen MR) is 82.3 cm³/mol. The summed E-state index contributed by atoms with van der Waals surface area (Å²) in [6.07, 6.45) is 1.14. The number of hydrogen-bond donors (Lipinski definition) is 1. The Morgan fingerprint density at radius 2 is 1.73 bits per heavy atom. The standard InChI is InChI=1S/C15H18N2O4S/c1-15(2,3)13-9-12(14(18)19)16-17(13)10-5-7-11(8-6-10)22(4,20)21/h5-9H,1-4H3,(H,18,19). The summed E-state index contributed by atoms with van der Waals surface area (Å²) in [4.78, 5) is 11.4. The van der Waals surface area contributed by atoms with E-state index >= 15 is 0 Å². The molecule has 1 heterocycles. The van der Waals surface area contributed by atoms with Crippen LogP contribution in [0.1, 0.15) is 37.0 Å². The number of carboxylic acids is 1. The van der Waals surface area contributed by atoms with Gasteiger partial charge in [0.2, 0.25) is 0 Å². The highest BCUT2D eigenvalue weighted by Gasteiger charge is 2.24. The van der Waals surface area contributed by atoms with Gasteiger partial charge >= 0.3 is 5.97 Å². The lowest BCUT2D eigenvalue weighted by atomic mass is 9.91. The Balaban J connectivity index is 2.59. The van der Waals surface area contributed by atoms with Crippen LogP contribution >= 0.6 is 0 Å². The number of hydrogen-bond acceptors (Lipinski definition) is 4. The van der Waals surface area contributed by atoms with E-state index in [0.717, 1.165) is 11.9 Å². The number of carbonyl (C=O) groups is 1. The molecule has 2 rings (SSSR count). The number of nitrogens with zero attached hydrogens (tertiary/aromatic N) is 2. The summed E-state index contributed by atoms with van der Waals surface area (Å²) in [6.45, 7) is 5.87. The number of sulfone groups is 1. The van der Waals surface area contributed by atoms with Gasteiger partial charge in [0.15, 0.2) is 15.5 Å². The Bertz CT molecular complexity index is 812. The van der Waals surface area contributed by atoms with Crippen molar-refractivity contribution in [2.45, 2.75) is 31.1 Å². The maximum Gasteiger partial charge on any atom is 0.356 e. The van der Waals surface area contributed by atoms with E-state index in [-0.39, 0.29) is 16.0 Å². The summed E-state index contributed by atoms with van der Waals surface area (Å²) in [6, 6.07) is 7.74. The van der Waals surface area contributed by atoms with Crippen molar-refractivity contribution in [3.05, 3.63) is 41.7 Å². The van der Waals surface area contributed by atoms with E-state index in [2.05, 4.69) is 5.10 Å². The van der Waals surface area contributed by atoms with Crippen molar-refractivity contribution < 1.29 is 18.3 Å². The van der Waals surface area contributed by atoms with Crippen LogP contribution in [-0.2, 0) is 15.3 Å². The molecule has 2 aromatic rings. The molecule has 0 fully saturated rings. The van der Waals surface area contributed by atoms with E-state index in [9.17, 15) is 13.2 Å². The van der Waals surface area contributed by atoms with Gasteiger partial charge in [-0.05, 0) is 30.3 Å². The highest BCUT2D eigenvalue weighted by Crippen LogP contribution is 2.26. The lowest BCUT2D eigenvalue weighted by molar-refractivity contribution is 0.0690. The van der Waals surface area contributed by atoms with Crippen LogP contribution in [0.15, 0.2) is 35.2 Å². The third-order valence-corrected chi connectivity index (χ3v) is 4.33. The van der Waals surface area contributed by atoms with Crippen molar-refractivity contribution in [1.29, 1.82) is 0 Å². The third-order valence-electron chi connectivity index (χ3n) is 3.21. The summed E-state index contributed by atoms with van der Waals surface area (Å²) in [7, 11) is -3.27. The van der Waals surface area contributed by atoms with Crippen LogP contribution in [0.25, 0.3) is 5.69 Å². The average Bonchev–Trinajstić information content (AvgIpc) is 2.83. The lowest BCUT2D eigenvalue weighted by Gasteiger charge is -2.20. The van der Waals surface area contributed by atoms with Crippen LogP contribution in [0.5, 0.6) is 0 Å². The van der Waals surface area contributed by atoms with E-state index in [0.29, 0.717) is 5.69 Å². The molecule has 0 aliphatic carbocycles. The van der Waals surface area contributed by atoms with E-state index in [1.54, 1.807) is 12.1 Å². The fourth-order valence-electron chi connectivity index (χ4n) is 2.05. The second-order valence-corrected chi connectivity index (χ2v) is 8.16. The Kier molecular flexibility index (Phi) is 3.87. The van der Waals surface area contributed by atoms with Gasteiger partial charge in [0.1, 0.15) is 0 Å². The largest absolute Gasteiger partial charge is 0.476 e. The number of carboxylic acid groups (broad SMARTS) is 1. The highest BCUT2D eigenvalue weighted by molar-refractivity contribution is 7.90. The molecule has 7 heteroatoms. The Morgan fingerprint density at radius 3 is 2.14 bits per heavy atom. The van der Waals surface area contributed by atoms with Crippen molar-refractivity contribution in [2.75, 3.05) is 6.26 Å². The molecule has 0 amide bonds. The van der Waals surface area contributed by atoms with Gasteiger partial charge in [0, 0.05) is 11.7 Å². The summed E-state index contributed by atoms with van der Waals surface area (Å²) in [5.74, 6) is -1.10. The van der Waals surface area contributed by atoms with Crippen LogP contribution in [0.2, 0.25) is 0 Å². The van der Waals surface area contributed by atoms with E-state index in [1.807, 2.05) is 20.8 Å². The molecule has 1 N–H and O–H groups in total. The monoisotopic (exact) mass is 322 g/mol. The van der Waals surface area contributed by atoms with Crippen LogP contribution in [0, 0.1) is 0 Å². The molecule has 1 aromatic heterocycles. The maximum atomic E-state index is 11.5. The van der Waals surface area contributed by atoms with Gasteiger partial charge < -0.3 is 5.11 Å². The molecule has 22 heavy (non-hydrogen) atoms. The Labute approximate surface area is 129 Å². The Hall–Kier alpha value is -2.15. The first-order valence-corrected chi connectivity index (χ1v) is 8.53. The zero-order valence-electron chi connectivity index (χ0n) is 12.9. The van der Waals surface area contributed by atoms with Crippen LogP contribution in [-0.4, -0.2) is 35.5 Å². The molecule has 1 aromatic carbocycles. The van der Waals surface area contributed by atoms with Gasteiger partial charge in [-0.3, -0.25) is 0 Å². The number of aromatic carboxylic acids is 1. The predicted octanol–water partition coefficient (Wildman–Crippen LogP) is 2.27. The molecule has 6 nitrogen and oxygen atoms in total. The average molecular weight is 322 g/mol. The van der Waals surface area contributed by atoms with Gasteiger partial charge in [-0.25, -0.2) is 17.9 Å². The molecule has 0 unspecified atom stereocenters. The molecule has 0 aliphatic heterocycles. The van der Waals surface area contributed by atoms with Crippen molar-refractivity contribution in [2.24, 2.45) is 0 Å². The van der Waals surface area contributed by atoms with Crippen molar-refractivity contribution in [1.82, 2.24) is 9.78 Å². The second-order valence-electron chi connectivity index (χ2n) is 6.15. The minimum atomic E-state index is -3.27. The van der Waals surface area contributed by atoms with Crippen molar-refractivity contribution in [3.8, 4) is 5.69 Å². The summed E-state index contributed by atoms with van der Waals surface area (Å²) in [5.41, 5.74) is 0.995. The molecule has 118 valence electrons. The molecular formula is C15H18N2O4S. The smallest absolute Gasteiger partial charge is 0.356 e. The molecular weight excluding hydrogens is 304 g/mol. The van der Waals surface area contributed by atoms with Gasteiger partial charge in [0.05, 0.1) is 16.3 Å². The minimum absolute atomic E-state index is 0.0443. The zero-order valence-corrected chi connectivity index (χ0v) is 13.7. The normalized spacial score (nSPS) is 12.4. The summed E-state index contributed by atoms with van der Waals surface area (Å²) in [5, 5.41) is 13.2. The number of aromatic nitrogens is 2. The van der Waals surface area contributed by atoms with Crippen molar-refractivity contribution >= 4 is 15.8 Å². The van der Waals surface area contributed by atoms with Crippen LogP contribution in [0.3, 0.4) is 0 Å². The first-order valence-electron chi connectivity index (χ1n) is 6.64. The van der Waals surface area contributed by atoms with E-state index in [1.165, 1.54) is 22.9 Å². The number of rotatable bonds is 3. The van der Waals surface area contributed by atoms with Crippen LogP contribution in [0.4, 0.5) is 0 Å². The van der Waals surface area contributed by atoms with Gasteiger partial charge in [-0.2, -0.15) is 5.10 Å². The molecule has 0 radical (unpaired) electrons. The van der Waals surface area contributed by atoms with Crippen molar-refractivity contribution in [3.63, 3.8) is 0 Å². The first-order chi connectivity index (χ1) is 10.00. The summed E-state index contributed by atoms with van der Waals surface area (Å²) < 4.78 is 24.5. The fraction of sp³-hybridized carbons (Fsp3) is 0.333. The first kappa shape index (κ1) is 16.2. The summed E-state index contributed by atoms with van der Waals surface area (Å²) >= 11 is 0. The lowest BCUT2D eigenvalue weighted by Crippen LogP contribution is -2.17. The van der Waals surface area contributed by atoms with Gasteiger partial charge in [-0.15, -0.1) is 0 Å². The SMILES string of the molecule is CC(C)(C)c1cc(C(=O)O)nn1-c1ccc(S(C)(=O)=O)cc1. The highest BCUT2D eigenvalue weighted by atomic mass is 32.2. The molecule has 0 aliphatic rings. The molecule has 0 saturated carbocycles. The topological polar surface area (TPSA) is 89.3 Å². The van der Waals surface area contributed by atoms with Gasteiger partial charge in [-0.1, -0.05) is 20.8 Å². The van der Waals surface area contributed by atoms with E-state index in [4.69, 9.17) is 5.11 Å². The molecule has 0 bridgehead atoms. The number of benzene rings is 1. The fourth-order valence-corrected chi connectivity index (χ4v) is 2.68. The minimum Gasteiger partial charge on any atom is -0.476 e. The third kappa shape index (κ3) is 3.19. The Morgan fingerprint density at radius 1 is 1.18 bits per heavy atom. The molecule has 0 saturated heterocycles. The van der Waals surface area contributed by atoms with Crippen LogP contribution < -0.4 is 0 Å².